The molecule has 2 heterocycles. The van der Waals surface area contributed by atoms with Crippen molar-refractivity contribution in [3.8, 4) is 0 Å². The summed E-state index contributed by atoms with van der Waals surface area (Å²) in [6, 6.07) is 2.11. The monoisotopic (exact) mass is 231 g/mol. The highest BCUT2D eigenvalue weighted by Crippen LogP contribution is 2.22. The standard InChI is InChI=1S/C12H17N5/c1-4-14-12(11-8-15-16-17(11)3)10-7-13-6-5-9(10)2/h5-8,12,14H,4H2,1-3H3. The molecule has 17 heavy (non-hydrogen) atoms. The van der Waals surface area contributed by atoms with E-state index >= 15 is 0 Å². The summed E-state index contributed by atoms with van der Waals surface area (Å²) >= 11 is 0. The summed E-state index contributed by atoms with van der Waals surface area (Å²) in [6.07, 6.45) is 5.50. The Balaban J connectivity index is 2.43. The van der Waals surface area contributed by atoms with Crippen LogP contribution in [-0.4, -0.2) is 26.5 Å². The Kier molecular flexibility index (Phi) is 3.49. The second kappa shape index (κ2) is 5.05. The smallest absolute Gasteiger partial charge is 0.0799 e. The quantitative estimate of drug-likeness (QED) is 0.859. The van der Waals surface area contributed by atoms with E-state index in [1.807, 2.05) is 25.5 Å². The van der Waals surface area contributed by atoms with E-state index in [2.05, 4.69) is 34.5 Å². The van der Waals surface area contributed by atoms with Crippen LogP contribution in [-0.2, 0) is 7.05 Å². The van der Waals surface area contributed by atoms with Crippen molar-refractivity contribution in [3.63, 3.8) is 0 Å². The Bertz CT molecular complexity index is 491. The van der Waals surface area contributed by atoms with Crippen LogP contribution in [0.4, 0.5) is 0 Å². The van der Waals surface area contributed by atoms with E-state index in [0.717, 1.165) is 12.2 Å². The molecule has 2 aromatic rings. The van der Waals surface area contributed by atoms with E-state index in [1.54, 1.807) is 10.9 Å². The van der Waals surface area contributed by atoms with Gasteiger partial charge in [-0.05, 0) is 30.7 Å². The van der Waals surface area contributed by atoms with Gasteiger partial charge in [0.25, 0.3) is 0 Å². The molecule has 1 atom stereocenters. The van der Waals surface area contributed by atoms with Gasteiger partial charge in [0.05, 0.1) is 17.9 Å². The van der Waals surface area contributed by atoms with E-state index in [4.69, 9.17) is 0 Å². The highest BCUT2D eigenvalue weighted by molar-refractivity contribution is 5.30. The molecule has 0 aliphatic heterocycles. The summed E-state index contributed by atoms with van der Waals surface area (Å²) in [5, 5.41) is 11.4. The average molecular weight is 231 g/mol. The van der Waals surface area contributed by atoms with Gasteiger partial charge in [0.15, 0.2) is 0 Å². The fourth-order valence-corrected chi connectivity index (χ4v) is 1.92. The zero-order valence-electron chi connectivity index (χ0n) is 10.4. The zero-order valence-corrected chi connectivity index (χ0v) is 10.4. The van der Waals surface area contributed by atoms with Crippen LogP contribution in [0.25, 0.3) is 0 Å². The Labute approximate surface area is 101 Å². The van der Waals surface area contributed by atoms with Gasteiger partial charge in [0.2, 0.25) is 0 Å². The number of hydrogen-bond donors (Lipinski definition) is 1. The number of hydrogen-bond acceptors (Lipinski definition) is 4. The van der Waals surface area contributed by atoms with Crippen LogP contribution in [0.15, 0.2) is 24.7 Å². The van der Waals surface area contributed by atoms with Gasteiger partial charge in [-0.15, -0.1) is 5.10 Å². The number of nitrogens with zero attached hydrogens (tertiary/aromatic N) is 4. The fourth-order valence-electron chi connectivity index (χ4n) is 1.92. The minimum atomic E-state index is 0.0914. The van der Waals surface area contributed by atoms with Crippen LogP contribution in [0.2, 0.25) is 0 Å². The molecule has 0 spiro atoms. The van der Waals surface area contributed by atoms with Gasteiger partial charge in [0.1, 0.15) is 0 Å². The summed E-state index contributed by atoms with van der Waals surface area (Å²) in [4.78, 5) is 4.20. The molecule has 2 aromatic heterocycles. The first-order valence-corrected chi connectivity index (χ1v) is 5.72. The molecule has 1 N–H and O–H groups in total. The van der Waals surface area contributed by atoms with E-state index in [-0.39, 0.29) is 6.04 Å². The van der Waals surface area contributed by atoms with Gasteiger partial charge in [-0.25, -0.2) is 0 Å². The Morgan fingerprint density at radius 2 is 2.24 bits per heavy atom. The molecule has 1 unspecified atom stereocenters. The minimum Gasteiger partial charge on any atom is -0.305 e. The maximum atomic E-state index is 4.20. The maximum Gasteiger partial charge on any atom is 0.0799 e. The van der Waals surface area contributed by atoms with Gasteiger partial charge in [0, 0.05) is 19.4 Å². The molecule has 0 bridgehead atoms. The van der Waals surface area contributed by atoms with Crippen molar-refractivity contribution in [2.45, 2.75) is 19.9 Å². The zero-order chi connectivity index (χ0) is 12.3. The normalized spacial score (nSPS) is 12.6. The van der Waals surface area contributed by atoms with E-state index in [9.17, 15) is 0 Å². The van der Waals surface area contributed by atoms with Crippen molar-refractivity contribution in [3.05, 3.63) is 41.5 Å². The predicted molar refractivity (Wildman–Crippen MR) is 65.5 cm³/mol. The number of aryl methyl sites for hydroxylation is 2. The van der Waals surface area contributed by atoms with E-state index < -0.39 is 0 Å². The first-order valence-electron chi connectivity index (χ1n) is 5.72. The van der Waals surface area contributed by atoms with Crippen LogP contribution in [0.5, 0.6) is 0 Å². The number of aromatic nitrogens is 4. The van der Waals surface area contributed by atoms with Crippen LogP contribution in [0.1, 0.15) is 29.8 Å². The molecule has 0 saturated heterocycles. The van der Waals surface area contributed by atoms with Crippen LogP contribution < -0.4 is 5.32 Å². The van der Waals surface area contributed by atoms with Crippen LogP contribution >= 0.6 is 0 Å². The van der Waals surface area contributed by atoms with Gasteiger partial charge >= 0.3 is 0 Å². The third-order valence-corrected chi connectivity index (χ3v) is 2.84. The van der Waals surface area contributed by atoms with E-state index in [0.29, 0.717) is 0 Å². The van der Waals surface area contributed by atoms with Gasteiger partial charge in [-0.3, -0.25) is 9.67 Å². The third kappa shape index (κ3) is 2.34. The lowest BCUT2D eigenvalue weighted by Crippen LogP contribution is -2.25. The first kappa shape index (κ1) is 11.7. The summed E-state index contributed by atoms with van der Waals surface area (Å²) in [7, 11) is 1.90. The van der Waals surface area contributed by atoms with Crippen molar-refractivity contribution in [2.24, 2.45) is 7.05 Å². The van der Waals surface area contributed by atoms with Crippen LogP contribution in [0, 0.1) is 6.92 Å². The second-order valence-corrected chi connectivity index (χ2v) is 4.01. The predicted octanol–water partition coefficient (Wildman–Crippen LogP) is 1.22. The molecule has 0 aromatic carbocycles. The molecular formula is C12H17N5. The van der Waals surface area contributed by atoms with Crippen molar-refractivity contribution in [1.29, 1.82) is 0 Å². The molecule has 5 nitrogen and oxygen atoms in total. The Morgan fingerprint density at radius 1 is 1.41 bits per heavy atom. The molecule has 0 aliphatic rings. The molecule has 0 amide bonds. The number of rotatable bonds is 4. The average Bonchev–Trinajstić information content (AvgIpc) is 2.74. The topological polar surface area (TPSA) is 55.6 Å². The molecular weight excluding hydrogens is 214 g/mol. The lowest BCUT2D eigenvalue weighted by molar-refractivity contribution is 0.565. The highest BCUT2D eigenvalue weighted by atomic mass is 15.4. The lowest BCUT2D eigenvalue weighted by Gasteiger charge is -2.19. The molecule has 5 heteroatoms. The van der Waals surface area contributed by atoms with Crippen LogP contribution in [0.3, 0.4) is 0 Å². The first-order chi connectivity index (χ1) is 8.24. The summed E-state index contributed by atoms with van der Waals surface area (Å²) in [5.74, 6) is 0. The molecule has 90 valence electrons. The molecule has 0 radical (unpaired) electrons. The fraction of sp³-hybridized carbons (Fsp3) is 0.417. The molecule has 0 aliphatic carbocycles. The molecule has 0 fully saturated rings. The van der Waals surface area contributed by atoms with Crippen molar-refractivity contribution >= 4 is 0 Å². The van der Waals surface area contributed by atoms with Crippen molar-refractivity contribution in [1.82, 2.24) is 25.3 Å². The SMILES string of the molecule is CCNC(c1cnccc1C)c1cnnn1C. The van der Waals surface area contributed by atoms with Crippen molar-refractivity contribution in [2.75, 3.05) is 6.54 Å². The maximum absolute atomic E-state index is 4.20. The van der Waals surface area contributed by atoms with Crippen molar-refractivity contribution < 1.29 is 0 Å². The Morgan fingerprint density at radius 3 is 2.82 bits per heavy atom. The second-order valence-electron chi connectivity index (χ2n) is 4.01. The summed E-state index contributed by atoms with van der Waals surface area (Å²) < 4.78 is 1.79. The number of nitrogens with one attached hydrogen (secondary N) is 1. The summed E-state index contributed by atoms with van der Waals surface area (Å²) in [6.45, 7) is 5.05. The van der Waals surface area contributed by atoms with Gasteiger partial charge in [-0.2, -0.15) is 0 Å². The summed E-state index contributed by atoms with van der Waals surface area (Å²) in [5.41, 5.74) is 3.43. The van der Waals surface area contributed by atoms with Gasteiger partial charge in [-0.1, -0.05) is 12.1 Å². The highest BCUT2D eigenvalue weighted by Gasteiger charge is 2.18. The largest absolute Gasteiger partial charge is 0.305 e. The van der Waals surface area contributed by atoms with E-state index in [1.165, 1.54) is 11.1 Å². The lowest BCUT2D eigenvalue weighted by atomic mass is 10.0. The molecule has 0 saturated carbocycles. The van der Waals surface area contributed by atoms with Gasteiger partial charge < -0.3 is 5.32 Å². The molecule has 2 rings (SSSR count). The Hall–Kier alpha value is -1.75. The third-order valence-electron chi connectivity index (χ3n) is 2.84. The number of pyridine rings is 1. The minimum absolute atomic E-state index is 0.0914.